The van der Waals surface area contributed by atoms with E-state index >= 15 is 0 Å². The Morgan fingerprint density at radius 3 is 2.59 bits per heavy atom. The van der Waals surface area contributed by atoms with Gasteiger partial charge < -0.3 is 10.0 Å². The van der Waals surface area contributed by atoms with Crippen molar-refractivity contribution < 1.29 is 9.90 Å². The van der Waals surface area contributed by atoms with Crippen molar-refractivity contribution in [3.05, 3.63) is 17.8 Å². The van der Waals surface area contributed by atoms with Gasteiger partial charge in [0.05, 0.1) is 0 Å². The summed E-state index contributed by atoms with van der Waals surface area (Å²) in [6, 6.07) is 3.59. The van der Waals surface area contributed by atoms with Crippen LogP contribution in [0.25, 0.3) is 0 Å². The lowest BCUT2D eigenvalue weighted by Gasteiger charge is -2.27. The lowest BCUT2D eigenvalue weighted by atomic mass is 10.2. The van der Waals surface area contributed by atoms with E-state index in [0.717, 1.165) is 18.3 Å². The highest BCUT2D eigenvalue weighted by molar-refractivity contribution is 5.85. The SMILES string of the molecule is CC(C)N(CC1CC1)c1ccc(C(=O)O)nn1. The van der Waals surface area contributed by atoms with Gasteiger partial charge in [-0.05, 0) is 44.7 Å². The Hall–Kier alpha value is -1.65. The van der Waals surface area contributed by atoms with Gasteiger partial charge in [0.25, 0.3) is 0 Å². The molecule has 1 aromatic rings. The van der Waals surface area contributed by atoms with Crippen LogP contribution >= 0.6 is 0 Å². The number of rotatable bonds is 5. The third kappa shape index (κ3) is 2.93. The van der Waals surface area contributed by atoms with Gasteiger partial charge in [0.1, 0.15) is 0 Å². The Balaban J connectivity index is 2.14. The molecule has 1 heterocycles. The minimum absolute atomic E-state index is 0.0103. The molecule has 0 aliphatic heterocycles. The van der Waals surface area contributed by atoms with E-state index in [1.165, 1.54) is 18.9 Å². The number of carboxylic acids is 1. The van der Waals surface area contributed by atoms with Gasteiger partial charge in [0, 0.05) is 12.6 Å². The van der Waals surface area contributed by atoms with Crippen LogP contribution in [0.15, 0.2) is 12.1 Å². The second-order valence-electron chi connectivity index (χ2n) is 4.77. The standard InChI is InChI=1S/C12H17N3O2/c1-8(2)15(7-9-3-4-9)11-6-5-10(12(16)17)13-14-11/h5-6,8-9H,3-4,7H2,1-2H3,(H,16,17). The smallest absolute Gasteiger partial charge is 0.356 e. The fourth-order valence-corrected chi connectivity index (χ4v) is 1.74. The summed E-state index contributed by atoms with van der Waals surface area (Å²) >= 11 is 0. The lowest BCUT2D eigenvalue weighted by Crippen LogP contribution is -2.33. The molecule has 0 unspecified atom stereocenters. The third-order valence-electron chi connectivity index (χ3n) is 2.94. The molecule has 0 radical (unpaired) electrons. The molecule has 0 bridgehead atoms. The summed E-state index contributed by atoms with van der Waals surface area (Å²) in [4.78, 5) is 12.9. The molecular formula is C12H17N3O2. The summed E-state index contributed by atoms with van der Waals surface area (Å²) in [6.45, 7) is 5.20. The number of anilines is 1. The van der Waals surface area contributed by atoms with Gasteiger partial charge in [0.15, 0.2) is 11.5 Å². The van der Waals surface area contributed by atoms with Gasteiger partial charge >= 0.3 is 5.97 Å². The van der Waals surface area contributed by atoms with Gasteiger partial charge in [-0.1, -0.05) is 0 Å². The Kier molecular flexibility index (Phi) is 3.26. The van der Waals surface area contributed by atoms with Gasteiger partial charge in [-0.25, -0.2) is 4.79 Å². The zero-order chi connectivity index (χ0) is 12.4. The minimum atomic E-state index is -1.04. The number of hydrogen-bond acceptors (Lipinski definition) is 4. The van der Waals surface area contributed by atoms with Crippen LogP contribution in [0.5, 0.6) is 0 Å². The van der Waals surface area contributed by atoms with Crippen LogP contribution < -0.4 is 4.90 Å². The number of hydrogen-bond donors (Lipinski definition) is 1. The van der Waals surface area contributed by atoms with E-state index in [2.05, 4.69) is 28.9 Å². The fraction of sp³-hybridized carbons (Fsp3) is 0.583. The van der Waals surface area contributed by atoms with E-state index in [4.69, 9.17) is 5.11 Å². The number of nitrogens with zero attached hydrogens (tertiary/aromatic N) is 3. The van der Waals surface area contributed by atoms with Crippen molar-refractivity contribution in [1.29, 1.82) is 0 Å². The normalized spacial score (nSPS) is 15.0. The molecule has 5 nitrogen and oxygen atoms in total. The minimum Gasteiger partial charge on any atom is -0.476 e. The molecule has 1 fully saturated rings. The molecule has 0 saturated heterocycles. The van der Waals surface area contributed by atoms with Crippen molar-refractivity contribution in [2.75, 3.05) is 11.4 Å². The Morgan fingerprint density at radius 1 is 1.47 bits per heavy atom. The van der Waals surface area contributed by atoms with Gasteiger partial charge in [0.2, 0.25) is 0 Å². The fourth-order valence-electron chi connectivity index (χ4n) is 1.74. The van der Waals surface area contributed by atoms with Crippen LogP contribution in [0.4, 0.5) is 5.82 Å². The van der Waals surface area contributed by atoms with Crippen LogP contribution in [-0.2, 0) is 0 Å². The topological polar surface area (TPSA) is 66.3 Å². The molecule has 0 aromatic carbocycles. The van der Waals surface area contributed by atoms with Crippen LogP contribution in [0, 0.1) is 5.92 Å². The van der Waals surface area contributed by atoms with Crippen molar-refractivity contribution in [2.45, 2.75) is 32.7 Å². The van der Waals surface area contributed by atoms with Crippen molar-refractivity contribution in [2.24, 2.45) is 5.92 Å². The quantitative estimate of drug-likeness (QED) is 0.843. The zero-order valence-electron chi connectivity index (χ0n) is 10.1. The van der Waals surface area contributed by atoms with E-state index in [-0.39, 0.29) is 5.69 Å². The molecule has 1 aromatic heterocycles. The van der Waals surface area contributed by atoms with Gasteiger partial charge in [-0.15, -0.1) is 10.2 Å². The summed E-state index contributed by atoms with van der Waals surface area (Å²) in [7, 11) is 0. The first-order valence-electron chi connectivity index (χ1n) is 5.91. The van der Waals surface area contributed by atoms with Crippen LogP contribution in [0.1, 0.15) is 37.2 Å². The summed E-state index contributed by atoms with van der Waals surface area (Å²) in [6.07, 6.45) is 2.56. The molecule has 5 heteroatoms. The molecule has 1 aliphatic carbocycles. The van der Waals surface area contributed by atoms with Crippen LogP contribution in [0.2, 0.25) is 0 Å². The highest BCUT2D eigenvalue weighted by Crippen LogP contribution is 2.31. The van der Waals surface area contributed by atoms with Crippen molar-refractivity contribution in [3.8, 4) is 0 Å². The molecule has 0 amide bonds. The van der Waals surface area contributed by atoms with Crippen molar-refractivity contribution >= 4 is 11.8 Å². The summed E-state index contributed by atoms with van der Waals surface area (Å²) in [5, 5.41) is 16.5. The monoisotopic (exact) mass is 235 g/mol. The predicted octanol–water partition coefficient (Wildman–Crippen LogP) is 1.80. The molecule has 1 saturated carbocycles. The third-order valence-corrected chi connectivity index (χ3v) is 2.94. The highest BCUT2D eigenvalue weighted by atomic mass is 16.4. The summed E-state index contributed by atoms with van der Waals surface area (Å²) in [5.74, 6) is 0.484. The maximum Gasteiger partial charge on any atom is 0.356 e. The van der Waals surface area contributed by atoms with Crippen LogP contribution in [0.3, 0.4) is 0 Å². The average Bonchev–Trinajstić information content (AvgIpc) is 3.09. The molecule has 1 aliphatic rings. The van der Waals surface area contributed by atoms with E-state index in [1.54, 1.807) is 6.07 Å². The number of carbonyl (C=O) groups is 1. The second kappa shape index (κ2) is 4.69. The van der Waals surface area contributed by atoms with Crippen molar-refractivity contribution in [3.63, 3.8) is 0 Å². The first kappa shape index (κ1) is 11.8. The van der Waals surface area contributed by atoms with Gasteiger partial charge in [-0.2, -0.15) is 0 Å². The number of aromatic carboxylic acids is 1. The number of carboxylic acid groups (broad SMARTS) is 1. The highest BCUT2D eigenvalue weighted by Gasteiger charge is 2.26. The first-order chi connectivity index (χ1) is 8.08. The molecule has 2 rings (SSSR count). The largest absolute Gasteiger partial charge is 0.476 e. The summed E-state index contributed by atoms with van der Waals surface area (Å²) in [5.41, 5.74) is -0.0103. The number of aromatic nitrogens is 2. The van der Waals surface area contributed by atoms with E-state index in [9.17, 15) is 4.79 Å². The van der Waals surface area contributed by atoms with Gasteiger partial charge in [-0.3, -0.25) is 0 Å². The molecular weight excluding hydrogens is 218 g/mol. The van der Waals surface area contributed by atoms with E-state index < -0.39 is 5.97 Å². The molecule has 1 N–H and O–H groups in total. The maximum absolute atomic E-state index is 10.7. The first-order valence-corrected chi connectivity index (χ1v) is 5.91. The molecule has 17 heavy (non-hydrogen) atoms. The summed E-state index contributed by atoms with van der Waals surface area (Å²) < 4.78 is 0. The molecule has 92 valence electrons. The predicted molar refractivity (Wildman–Crippen MR) is 64.2 cm³/mol. The Morgan fingerprint density at radius 2 is 2.18 bits per heavy atom. The lowest BCUT2D eigenvalue weighted by molar-refractivity contribution is 0.0689. The maximum atomic E-state index is 10.7. The molecule has 0 spiro atoms. The Labute approximate surface area is 100 Å². The van der Waals surface area contributed by atoms with Crippen molar-refractivity contribution in [1.82, 2.24) is 10.2 Å². The van der Waals surface area contributed by atoms with Crippen LogP contribution in [-0.4, -0.2) is 33.9 Å². The van der Waals surface area contributed by atoms with E-state index in [0.29, 0.717) is 6.04 Å². The Bertz CT molecular complexity index is 399. The zero-order valence-corrected chi connectivity index (χ0v) is 10.1. The average molecular weight is 235 g/mol. The second-order valence-corrected chi connectivity index (χ2v) is 4.77. The molecule has 0 atom stereocenters. The van der Waals surface area contributed by atoms with E-state index in [1.807, 2.05) is 0 Å².